The summed E-state index contributed by atoms with van der Waals surface area (Å²) in [6, 6.07) is 4.97. The second-order valence-corrected chi connectivity index (χ2v) is 5.35. The third kappa shape index (κ3) is 3.39. The maximum Gasteiger partial charge on any atom is 0.273 e. The number of piperidine rings is 1. The van der Waals surface area contributed by atoms with E-state index in [4.69, 9.17) is 0 Å². The molecule has 1 saturated heterocycles. The van der Waals surface area contributed by atoms with Crippen molar-refractivity contribution in [3.8, 4) is 0 Å². The van der Waals surface area contributed by atoms with Crippen LogP contribution in [0.5, 0.6) is 0 Å². The van der Waals surface area contributed by atoms with Crippen molar-refractivity contribution in [2.45, 2.75) is 32.2 Å². The van der Waals surface area contributed by atoms with E-state index in [2.05, 4.69) is 5.32 Å². The number of nitrogens with one attached hydrogen (secondary N) is 1. The number of aryl methyl sites for hydroxylation is 1. The Kier molecular flexibility index (Phi) is 4.90. The minimum Gasteiger partial charge on any atom is -0.339 e. The molecule has 2 rings (SSSR count). The number of carbonyl (C=O) groups excluding carboxylic acids is 1. The molecule has 1 aliphatic heterocycles. The summed E-state index contributed by atoms with van der Waals surface area (Å²) < 4.78 is 0. The fourth-order valence-electron chi connectivity index (χ4n) is 2.73. The maximum absolute atomic E-state index is 12.5. The third-order valence-corrected chi connectivity index (χ3v) is 4.09. The molecule has 1 amide bonds. The molecule has 21 heavy (non-hydrogen) atoms. The monoisotopic (exact) mass is 291 g/mol. The number of hydrogen-bond acceptors (Lipinski definition) is 4. The van der Waals surface area contributed by atoms with E-state index in [9.17, 15) is 14.9 Å². The molecule has 1 N–H and O–H groups in total. The number of nitrogens with zero attached hydrogens (tertiary/aromatic N) is 2. The van der Waals surface area contributed by atoms with E-state index in [1.165, 1.54) is 6.07 Å². The van der Waals surface area contributed by atoms with Gasteiger partial charge in [0, 0.05) is 30.3 Å². The van der Waals surface area contributed by atoms with Gasteiger partial charge in [-0.3, -0.25) is 14.9 Å². The quantitative estimate of drug-likeness (QED) is 0.680. The molecule has 1 aliphatic rings. The number of rotatable bonds is 4. The Hall–Kier alpha value is -1.95. The van der Waals surface area contributed by atoms with Crippen molar-refractivity contribution in [2.75, 3.05) is 20.1 Å². The Labute approximate surface area is 124 Å². The van der Waals surface area contributed by atoms with Crippen LogP contribution in [0, 0.1) is 10.1 Å². The first-order valence-electron chi connectivity index (χ1n) is 7.29. The fraction of sp³-hybridized carbons (Fsp3) is 0.533. The molecule has 0 aromatic heterocycles. The van der Waals surface area contributed by atoms with Crippen LogP contribution in [-0.4, -0.2) is 41.9 Å². The van der Waals surface area contributed by atoms with Crippen LogP contribution in [0.2, 0.25) is 0 Å². The van der Waals surface area contributed by atoms with E-state index in [0.29, 0.717) is 17.5 Å². The molecule has 1 aromatic rings. The molecule has 0 unspecified atom stereocenters. The number of carbonyl (C=O) groups is 1. The van der Waals surface area contributed by atoms with Crippen LogP contribution in [0.4, 0.5) is 5.69 Å². The molecule has 6 nitrogen and oxygen atoms in total. The standard InChI is InChI=1S/C15H21N3O3/c1-3-11-4-5-12(10-14(11)18(20)21)15(19)17(2)13-6-8-16-9-7-13/h4-5,10,13,16H,3,6-9H2,1-2H3. The van der Waals surface area contributed by atoms with Crippen molar-refractivity contribution in [1.29, 1.82) is 0 Å². The molecule has 1 aromatic carbocycles. The largest absolute Gasteiger partial charge is 0.339 e. The summed E-state index contributed by atoms with van der Waals surface area (Å²) in [5.74, 6) is -0.146. The van der Waals surface area contributed by atoms with Crippen LogP contribution in [0.25, 0.3) is 0 Å². The molecular formula is C15H21N3O3. The second-order valence-electron chi connectivity index (χ2n) is 5.35. The zero-order chi connectivity index (χ0) is 15.4. The molecule has 1 fully saturated rings. The van der Waals surface area contributed by atoms with E-state index in [-0.39, 0.29) is 17.6 Å². The maximum atomic E-state index is 12.5. The van der Waals surface area contributed by atoms with Gasteiger partial charge >= 0.3 is 0 Å². The molecule has 1 heterocycles. The second kappa shape index (κ2) is 6.67. The normalized spacial score (nSPS) is 15.7. The zero-order valence-corrected chi connectivity index (χ0v) is 12.5. The zero-order valence-electron chi connectivity index (χ0n) is 12.5. The van der Waals surface area contributed by atoms with Crippen molar-refractivity contribution < 1.29 is 9.72 Å². The van der Waals surface area contributed by atoms with Gasteiger partial charge in [-0.1, -0.05) is 13.0 Å². The van der Waals surface area contributed by atoms with Gasteiger partial charge in [0.25, 0.3) is 11.6 Å². The summed E-state index contributed by atoms with van der Waals surface area (Å²) >= 11 is 0. The highest BCUT2D eigenvalue weighted by atomic mass is 16.6. The predicted molar refractivity (Wildman–Crippen MR) is 80.5 cm³/mol. The van der Waals surface area contributed by atoms with Gasteiger partial charge < -0.3 is 10.2 Å². The summed E-state index contributed by atoms with van der Waals surface area (Å²) in [6.45, 7) is 3.67. The molecular weight excluding hydrogens is 270 g/mol. The Morgan fingerprint density at radius 3 is 2.67 bits per heavy atom. The first kappa shape index (κ1) is 15.4. The lowest BCUT2D eigenvalue weighted by atomic mass is 10.0. The van der Waals surface area contributed by atoms with Gasteiger partial charge in [-0.25, -0.2) is 0 Å². The SMILES string of the molecule is CCc1ccc(C(=O)N(C)C2CCNCC2)cc1[N+](=O)[O-]. The number of nitro benzene ring substituents is 1. The van der Waals surface area contributed by atoms with Gasteiger partial charge in [0.2, 0.25) is 0 Å². The lowest BCUT2D eigenvalue weighted by Gasteiger charge is -2.31. The molecule has 114 valence electrons. The Balaban J connectivity index is 2.22. The highest BCUT2D eigenvalue weighted by Crippen LogP contribution is 2.22. The Morgan fingerprint density at radius 2 is 2.10 bits per heavy atom. The third-order valence-electron chi connectivity index (χ3n) is 4.09. The number of amides is 1. The Bertz CT molecular complexity index is 539. The van der Waals surface area contributed by atoms with Gasteiger partial charge in [0.1, 0.15) is 0 Å². The fourth-order valence-corrected chi connectivity index (χ4v) is 2.73. The topological polar surface area (TPSA) is 75.5 Å². The van der Waals surface area contributed by atoms with Crippen molar-refractivity contribution in [3.05, 3.63) is 39.4 Å². The molecule has 0 bridgehead atoms. The lowest BCUT2D eigenvalue weighted by molar-refractivity contribution is -0.385. The smallest absolute Gasteiger partial charge is 0.273 e. The summed E-state index contributed by atoms with van der Waals surface area (Å²) in [4.78, 5) is 24.9. The molecule has 0 atom stereocenters. The first-order chi connectivity index (χ1) is 10.0. The highest BCUT2D eigenvalue weighted by Gasteiger charge is 2.24. The predicted octanol–water partition coefficient (Wildman–Crippen LogP) is 1.98. The van der Waals surface area contributed by atoms with Gasteiger partial charge in [-0.05, 0) is 38.4 Å². The van der Waals surface area contributed by atoms with Crippen molar-refractivity contribution in [1.82, 2.24) is 10.2 Å². The summed E-state index contributed by atoms with van der Waals surface area (Å²) in [7, 11) is 1.78. The lowest BCUT2D eigenvalue weighted by Crippen LogP contribution is -2.43. The van der Waals surface area contributed by atoms with Crippen LogP contribution in [0.3, 0.4) is 0 Å². The molecule has 0 aliphatic carbocycles. The van der Waals surface area contributed by atoms with E-state index in [1.807, 2.05) is 6.92 Å². The van der Waals surface area contributed by atoms with Gasteiger partial charge in [0.15, 0.2) is 0 Å². The van der Waals surface area contributed by atoms with Gasteiger partial charge in [-0.15, -0.1) is 0 Å². The summed E-state index contributed by atoms with van der Waals surface area (Å²) in [6.07, 6.45) is 2.41. The highest BCUT2D eigenvalue weighted by molar-refractivity contribution is 5.95. The van der Waals surface area contributed by atoms with Crippen LogP contribution < -0.4 is 5.32 Å². The minimum absolute atomic E-state index is 0.0297. The van der Waals surface area contributed by atoms with Crippen LogP contribution in [-0.2, 0) is 6.42 Å². The van der Waals surface area contributed by atoms with Crippen molar-refractivity contribution in [3.63, 3.8) is 0 Å². The number of hydrogen-bond donors (Lipinski definition) is 1. The van der Waals surface area contributed by atoms with E-state index >= 15 is 0 Å². The summed E-state index contributed by atoms with van der Waals surface area (Å²) in [5, 5.41) is 14.4. The molecule has 0 radical (unpaired) electrons. The van der Waals surface area contributed by atoms with Gasteiger partial charge in [0.05, 0.1) is 4.92 Å². The van der Waals surface area contributed by atoms with Crippen molar-refractivity contribution in [2.24, 2.45) is 0 Å². The van der Waals surface area contributed by atoms with E-state index in [1.54, 1.807) is 24.1 Å². The average molecular weight is 291 g/mol. The summed E-state index contributed by atoms with van der Waals surface area (Å²) in [5.41, 5.74) is 1.07. The first-order valence-corrected chi connectivity index (χ1v) is 7.29. The molecule has 6 heteroatoms. The molecule has 0 spiro atoms. The Morgan fingerprint density at radius 1 is 1.43 bits per heavy atom. The van der Waals surface area contributed by atoms with Crippen LogP contribution in [0.1, 0.15) is 35.7 Å². The van der Waals surface area contributed by atoms with E-state index < -0.39 is 4.92 Å². The van der Waals surface area contributed by atoms with Gasteiger partial charge in [-0.2, -0.15) is 0 Å². The minimum atomic E-state index is -0.417. The average Bonchev–Trinajstić information content (AvgIpc) is 2.53. The van der Waals surface area contributed by atoms with Crippen LogP contribution >= 0.6 is 0 Å². The molecule has 0 saturated carbocycles. The van der Waals surface area contributed by atoms with Crippen LogP contribution in [0.15, 0.2) is 18.2 Å². The number of nitro groups is 1. The van der Waals surface area contributed by atoms with E-state index in [0.717, 1.165) is 25.9 Å². The van der Waals surface area contributed by atoms with Crippen molar-refractivity contribution >= 4 is 11.6 Å². The number of benzene rings is 1.